The van der Waals surface area contributed by atoms with Crippen LogP contribution in [0.3, 0.4) is 0 Å². The minimum atomic E-state index is 0.370. The molecule has 1 aliphatic carbocycles. The van der Waals surface area contributed by atoms with Gasteiger partial charge in [0.25, 0.3) is 0 Å². The van der Waals surface area contributed by atoms with Gasteiger partial charge in [-0.2, -0.15) is 0 Å². The Bertz CT molecular complexity index is 570. The molecule has 0 saturated heterocycles. The molecule has 0 atom stereocenters. The average Bonchev–Trinajstić information content (AvgIpc) is 2.90. The van der Waals surface area contributed by atoms with E-state index in [0.29, 0.717) is 12.1 Å². The molecule has 0 bridgehead atoms. The van der Waals surface area contributed by atoms with E-state index in [0.717, 1.165) is 49.4 Å². The van der Waals surface area contributed by atoms with E-state index in [4.69, 9.17) is 5.73 Å². The predicted molar refractivity (Wildman–Crippen MR) is 81.0 cm³/mol. The maximum absolute atomic E-state index is 5.95. The van der Waals surface area contributed by atoms with Crippen LogP contribution in [0.2, 0.25) is 0 Å². The molecular formula is C14H22N6. The molecule has 2 aromatic rings. The maximum Gasteiger partial charge on any atom is 0.177 e. The molecule has 2 heterocycles. The Morgan fingerprint density at radius 1 is 1.35 bits per heavy atom. The molecule has 3 rings (SSSR count). The zero-order valence-corrected chi connectivity index (χ0v) is 11.8. The number of nitrogens with one attached hydrogen (secondary N) is 2. The quantitative estimate of drug-likeness (QED) is 0.792. The number of nitrogens with two attached hydrogens (primary N) is 1. The Balaban J connectivity index is 1.80. The van der Waals surface area contributed by atoms with E-state index >= 15 is 0 Å². The second kappa shape index (κ2) is 5.66. The monoisotopic (exact) mass is 274 g/mol. The lowest BCUT2D eigenvalue weighted by molar-refractivity contribution is 0.410. The van der Waals surface area contributed by atoms with Gasteiger partial charge in [0.1, 0.15) is 5.82 Å². The van der Waals surface area contributed by atoms with E-state index in [9.17, 15) is 0 Å². The Morgan fingerprint density at radius 2 is 2.15 bits per heavy atom. The third-order valence-corrected chi connectivity index (χ3v) is 3.85. The number of aromatic nitrogens is 3. The average molecular weight is 274 g/mol. The van der Waals surface area contributed by atoms with Gasteiger partial charge in [-0.05, 0) is 32.6 Å². The van der Waals surface area contributed by atoms with Gasteiger partial charge in [0.15, 0.2) is 5.65 Å². The number of fused-ring (bicyclic) bond motifs is 1. The second-order valence-corrected chi connectivity index (χ2v) is 5.43. The minimum absolute atomic E-state index is 0.370. The van der Waals surface area contributed by atoms with Crippen molar-refractivity contribution in [2.75, 3.05) is 17.2 Å². The van der Waals surface area contributed by atoms with E-state index in [2.05, 4.69) is 27.6 Å². The normalized spacial score (nSPS) is 22.9. The zero-order valence-electron chi connectivity index (χ0n) is 11.8. The highest BCUT2D eigenvalue weighted by atomic mass is 15.3. The molecule has 1 fully saturated rings. The van der Waals surface area contributed by atoms with Gasteiger partial charge in [0.05, 0.1) is 5.69 Å². The maximum atomic E-state index is 5.95. The molecule has 0 amide bonds. The molecule has 4 N–H and O–H groups in total. The van der Waals surface area contributed by atoms with E-state index < -0.39 is 0 Å². The molecule has 0 aliphatic heterocycles. The van der Waals surface area contributed by atoms with Crippen LogP contribution in [0.5, 0.6) is 0 Å². The number of rotatable bonds is 4. The predicted octanol–water partition coefficient (Wildman–Crippen LogP) is 1.84. The molecule has 6 nitrogen and oxygen atoms in total. The molecular weight excluding hydrogens is 252 g/mol. The van der Waals surface area contributed by atoms with Gasteiger partial charge < -0.3 is 16.4 Å². The van der Waals surface area contributed by atoms with Crippen LogP contribution in [0.25, 0.3) is 5.65 Å². The van der Waals surface area contributed by atoms with Crippen LogP contribution >= 0.6 is 0 Å². The van der Waals surface area contributed by atoms with Gasteiger partial charge in [0, 0.05) is 37.1 Å². The van der Waals surface area contributed by atoms with Crippen molar-refractivity contribution in [1.29, 1.82) is 0 Å². The summed E-state index contributed by atoms with van der Waals surface area (Å²) < 4.78 is 1.81. The molecule has 0 spiro atoms. The number of imidazole rings is 1. The van der Waals surface area contributed by atoms with E-state index in [1.807, 2.05) is 16.8 Å². The Kier molecular flexibility index (Phi) is 3.73. The molecule has 6 heteroatoms. The van der Waals surface area contributed by atoms with Gasteiger partial charge in [-0.3, -0.25) is 0 Å². The first-order valence-electron chi connectivity index (χ1n) is 7.36. The molecule has 0 unspecified atom stereocenters. The van der Waals surface area contributed by atoms with Crippen LogP contribution in [-0.2, 0) is 0 Å². The minimum Gasteiger partial charge on any atom is -0.382 e. The fraction of sp³-hybridized carbons (Fsp3) is 0.571. The van der Waals surface area contributed by atoms with Gasteiger partial charge in [-0.25, -0.2) is 9.50 Å². The lowest BCUT2D eigenvalue weighted by Crippen LogP contribution is -2.33. The van der Waals surface area contributed by atoms with Crippen molar-refractivity contribution in [2.24, 2.45) is 5.73 Å². The summed E-state index contributed by atoms with van der Waals surface area (Å²) >= 11 is 0. The summed E-state index contributed by atoms with van der Waals surface area (Å²) in [5.41, 5.74) is 7.83. The van der Waals surface area contributed by atoms with Crippen LogP contribution in [-0.4, -0.2) is 33.2 Å². The molecule has 0 aromatic carbocycles. The summed E-state index contributed by atoms with van der Waals surface area (Å²) in [6.45, 7) is 2.94. The fourth-order valence-electron chi connectivity index (χ4n) is 2.78. The van der Waals surface area contributed by atoms with Gasteiger partial charge in [-0.1, -0.05) is 0 Å². The number of hydrogen-bond acceptors (Lipinski definition) is 5. The molecule has 108 valence electrons. The van der Waals surface area contributed by atoms with Crippen molar-refractivity contribution in [1.82, 2.24) is 14.6 Å². The van der Waals surface area contributed by atoms with Crippen LogP contribution in [0.15, 0.2) is 18.5 Å². The molecule has 2 aromatic heterocycles. The van der Waals surface area contributed by atoms with E-state index in [1.165, 1.54) is 0 Å². The lowest BCUT2D eigenvalue weighted by atomic mass is 9.92. The summed E-state index contributed by atoms with van der Waals surface area (Å²) in [7, 11) is 0. The Hall–Kier alpha value is -1.82. The Morgan fingerprint density at radius 3 is 2.90 bits per heavy atom. The van der Waals surface area contributed by atoms with Gasteiger partial charge in [-0.15, -0.1) is 5.10 Å². The number of hydrogen-bond donors (Lipinski definition) is 3. The molecule has 20 heavy (non-hydrogen) atoms. The van der Waals surface area contributed by atoms with Crippen molar-refractivity contribution in [2.45, 2.75) is 44.7 Å². The van der Waals surface area contributed by atoms with Crippen molar-refractivity contribution < 1.29 is 0 Å². The molecule has 1 saturated carbocycles. The first kappa shape index (κ1) is 13.2. The second-order valence-electron chi connectivity index (χ2n) is 5.43. The zero-order chi connectivity index (χ0) is 13.9. The summed E-state index contributed by atoms with van der Waals surface area (Å²) in [4.78, 5) is 4.33. The first-order chi connectivity index (χ1) is 9.76. The van der Waals surface area contributed by atoms with Crippen LogP contribution < -0.4 is 16.4 Å². The van der Waals surface area contributed by atoms with Crippen molar-refractivity contribution >= 4 is 17.2 Å². The van der Waals surface area contributed by atoms with E-state index in [-0.39, 0.29) is 0 Å². The van der Waals surface area contributed by atoms with Gasteiger partial charge >= 0.3 is 0 Å². The fourth-order valence-corrected chi connectivity index (χ4v) is 2.78. The summed E-state index contributed by atoms with van der Waals surface area (Å²) in [6.07, 6.45) is 8.05. The highest BCUT2D eigenvalue weighted by Gasteiger charge is 2.19. The highest BCUT2D eigenvalue weighted by Crippen LogP contribution is 2.23. The topological polar surface area (TPSA) is 80.3 Å². The van der Waals surface area contributed by atoms with Crippen LogP contribution in [0, 0.1) is 0 Å². The first-order valence-corrected chi connectivity index (χ1v) is 7.36. The largest absolute Gasteiger partial charge is 0.382 e. The van der Waals surface area contributed by atoms with Gasteiger partial charge in [0.2, 0.25) is 0 Å². The molecule has 1 aliphatic rings. The van der Waals surface area contributed by atoms with E-state index in [1.54, 1.807) is 6.20 Å². The third kappa shape index (κ3) is 2.70. The van der Waals surface area contributed by atoms with Crippen molar-refractivity contribution in [3.63, 3.8) is 0 Å². The third-order valence-electron chi connectivity index (χ3n) is 3.85. The van der Waals surface area contributed by atoms with Crippen LogP contribution in [0.1, 0.15) is 32.6 Å². The number of nitrogens with zero attached hydrogens (tertiary/aromatic N) is 3. The van der Waals surface area contributed by atoms with Crippen molar-refractivity contribution in [3.8, 4) is 0 Å². The Labute approximate surface area is 118 Å². The molecule has 0 radical (unpaired) electrons. The summed E-state index contributed by atoms with van der Waals surface area (Å²) in [5, 5.41) is 11.4. The smallest absolute Gasteiger partial charge is 0.177 e. The SMILES string of the molecule is CCNc1cc(NC2CCC(N)CC2)nn2ccnc12. The van der Waals surface area contributed by atoms with Crippen molar-refractivity contribution in [3.05, 3.63) is 18.5 Å². The standard InChI is InChI=1S/C14H22N6/c1-2-16-12-9-13(19-20-8-7-17-14(12)20)18-11-5-3-10(15)4-6-11/h7-11,16H,2-6,15H2,1H3,(H,18,19). The number of anilines is 2. The highest BCUT2D eigenvalue weighted by molar-refractivity contribution is 5.70. The van der Waals surface area contributed by atoms with Crippen LogP contribution in [0.4, 0.5) is 11.5 Å². The lowest BCUT2D eigenvalue weighted by Gasteiger charge is -2.27. The summed E-state index contributed by atoms with van der Waals surface area (Å²) in [6, 6.07) is 2.88. The summed E-state index contributed by atoms with van der Waals surface area (Å²) in [5.74, 6) is 0.895.